The van der Waals surface area contributed by atoms with Crippen molar-refractivity contribution >= 4 is 5.78 Å². The third-order valence-corrected chi connectivity index (χ3v) is 4.19. The van der Waals surface area contributed by atoms with Crippen molar-refractivity contribution < 1.29 is 9.53 Å². The Morgan fingerprint density at radius 3 is 2.72 bits per heavy atom. The molecule has 3 heteroatoms. The maximum Gasteiger partial charge on any atom is 0.137 e. The predicted octanol–water partition coefficient (Wildman–Crippen LogP) is 2.74. The molecule has 1 aliphatic carbocycles. The van der Waals surface area contributed by atoms with Crippen molar-refractivity contribution in [2.45, 2.75) is 53.0 Å². The van der Waals surface area contributed by atoms with Crippen LogP contribution in [0.25, 0.3) is 0 Å². The van der Waals surface area contributed by atoms with Crippen LogP contribution >= 0.6 is 0 Å². The van der Waals surface area contributed by atoms with Gasteiger partial charge in [0.15, 0.2) is 0 Å². The Bertz CT molecular complexity index is 276. The molecule has 18 heavy (non-hydrogen) atoms. The number of carbonyl (C=O) groups is 1. The molecule has 0 saturated heterocycles. The van der Waals surface area contributed by atoms with E-state index < -0.39 is 0 Å². The van der Waals surface area contributed by atoms with Gasteiger partial charge in [0.2, 0.25) is 0 Å². The van der Waals surface area contributed by atoms with E-state index in [1.807, 2.05) is 0 Å². The lowest BCUT2D eigenvalue weighted by Crippen LogP contribution is -2.43. The van der Waals surface area contributed by atoms with Gasteiger partial charge in [-0.25, -0.2) is 0 Å². The lowest BCUT2D eigenvalue weighted by Gasteiger charge is -2.38. The van der Waals surface area contributed by atoms with E-state index in [0.29, 0.717) is 17.2 Å². The maximum absolute atomic E-state index is 12.1. The summed E-state index contributed by atoms with van der Waals surface area (Å²) in [5.41, 5.74) is 0.322. The van der Waals surface area contributed by atoms with Crippen LogP contribution in [0.4, 0.5) is 0 Å². The second-order valence-electron chi connectivity index (χ2n) is 6.42. The fourth-order valence-corrected chi connectivity index (χ4v) is 2.97. The average Bonchev–Trinajstić information content (AvgIpc) is 2.30. The standard InChI is InChI=1S/C15H29NO2/c1-6-16(12(2)11-18-5)10-13-9-15(3,4)8-7-14(13)17/h12-13H,6-11H2,1-5H3. The zero-order valence-electron chi connectivity index (χ0n) is 12.7. The van der Waals surface area contributed by atoms with Gasteiger partial charge in [0.25, 0.3) is 0 Å². The third kappa shape index (κ3) is 4.36. The maximum atomic E-state index is 12.1. The summed E-state index contributed by atoms with van der Waals surface area (Å²) in [6.07, 6.45) is 2.83. The van der Waals surface area contributed by atoms with Crippen LogP contribution in [0.2, 0.25) is 0 Å². The van der Waals surface area contributed by atoms with E-state index in [1.165, 1.54) is 0 Å². The first-order chi connectivity index (χ1) is 8.39. The first kappa shape index (κ1) is 15.6. The van der Waals surface area contributed by atoms with E-state index in [9.17, 15) is 4.79 Å². The molecule has 0 bridgehead atoms. The highest BCUT2D eigenvalue weighted by Gasteiger charge is 2.34. The Morgan fingerprint density at radius 2 is 2.17 bits per heavy atom. The number of hydrogen-bond donors (Lipinski definition) is 0. The predicted molar refractivity (Wildman–Crippen MR) is 74.7 cm³/mol. The minimum atomic E-state index is 0.216. The molecule has 0 amide bonds. The monoisotopic (exact) mass is 255 g/mol. The summed E-state index contributed by atoms with van der Waals surface area (Å²) >= 11 is 0. The molecule has 2 unspecified atom stereocenters. The first-order valence-electron chi connectivity index (χ1n) is 7.15. The molecule has 1 aliphatic rings. The molecule has 1 saturated carbocycles. The molecule has 0 spiro atoms. The molecule has 0 heterocycles. The molecular formula is C15H29NO2. The van der Waals surface area contributed by atoms with Crippen LogP contribution in [0.3, 0.4) is 0 Å². The highest BCUT2D eigenvalue weighted by atomic mass is 16.5. The Labute approximate surface area is 112 Å². The number of nitrogens with zero attached hydrogens (tertiary/aromatic N) is 1. The second-order valence-corrected chi connectivity index (χ2v) is 6.42. The minimum Gasteiger partial charge on any atom is -0.383 e. The largest absolute Gasteiger partial charge is 0.383 e. The van der Waals surface area contributed by atoms with Crippen LogP contribution in [-0.2, 0) is 9.53 Å². The molecule has 0 aromatic rings. The van der Waals surface area contributed by atoms with Gasteiger partial charge >= 0.3 is 0 Å². The first-order valence-corrected chi connectivity index (χ1v) is 7.15. The van der Waals surface area contributed by atoms with E-state index in [1.54, 1.807) is 7.11 Å². The number of ketones is 1. The van der Waals surface area contributed by atoms with Crippen molar-refractivity contribution in [3.63, 3.8) is 0 Å². The van der Waals surface area contributed by atoms with Gasteiger partial charge in [0, 0.05) is 32.0 Å². The number of hydrogen-bond acceptors (Lipinski definition) is 3. The van der Waals surface area contributed by atoms with Gasteiger partial charge in [-0.15, -0.1) is 0 Å². The number of methoxy groups -OCH3 is 1. The fourth-order valence-electron chi connectivity index (χ4n) is 2.97. The molecule has 0 radical (unpaired) electrons. The van der Waals surface area contributed by atoms with E-state index >= 15 is 0 Å². The van der Waals surface area contributed by atoms with Gasteiger partial charge in [-0.3, -0.25) is 9.69 Å². The van der Waals surface area contributed by atoms with Gasteiger partial charge in [-0.1, -0.05) is 20.8 Å². The zero-order chi connectivity index (χ0) is 13.8. The lowest BCUT2D eigenvalue weighted by molar-refractivity contribution is -0.128. The Morgan fingerprint density at radius 1 is 1.50 bits per heavy atom. The highest BCUT2D eigenvalue weighted by molar-refractivity contribution is 5.82. The zero-order valence-corrected chi connectivity index (χ0v) is 12.7. The van der Waals surface area contributed by atoms with Crippen LogP contribution in [-0.4, -0.2) is 43.5 Å². The molecule has 1 fully saturated rings. The molecule has 0 aliphatic heterocycles. The van der Waals surface area contributed by atoms with Crippen molar-refractivity contribution in [3.8, 4) is 0 Å². The summed E-state index contributed by atoms with van der Waals surface area (Å²) in [7, 11) is 1.74. The second kappa shape index (κ2) is 6.67. The van der Waals surface area contributed by atoms with Crippen molar-refractivity contribution in [1.29, 1.82) is 0 Å². The number of likely N-dealkylation sites (N-methyl/N-ethyl adjacent to an activating group) is 1. The number of carbonyl (C=O) groups excluding carboxylic acids is 1. The van der Waals surface area contributed by atoms with Crippen molar-refractivity contribution in [2.75, 3.05) is 26.8 Å². The Hall–Kier alpha value is -0.410. The van der Waals surface area contributed by atoms with Gasteiger partial charge in [0.1, 0.15) is 5.78 Å². The summed E-state index contributed by atoms with van der Waals surface area (Å²) in [5.74, 6) is 0.672. The molecule has 0 aromatic carbocycles. The summed E-state index contributed by atoms with van der Waals surface area (Å²) < 4.78 is 5.22. The highest BCUT2D eigenvalue weighted by Crippen LogP contribution is 2.37. The van der Waals surface area contributed by atoms with Gasteiger partial charge in [-0.05, 0) is 31.7 Å². The van der Waals surface area contributed by atoms with E-state index in [2.05, 4.69) is 32.6 Å². The van der Waals surface area contributed by atoms with Crippen LogP contribution in [0.15, 0.2) is 0 Å². The molecule has 1 rings (SSSR count). The van der Waals surface area contributed by atoms with Crippen LogP contribution in [0, 0.1) is 11.3 Å². The topological polar surface area (TPSA) is 29.5 Å². The van der Waals surface area contributed by atoms with E-state index in [-0.39, 0.29) is 5.92 Å². The molecule has 2 atom stereocenters. The number of ether oxygens (including phenoxy) is 1. The molecule has 0 N–H and O–H groups in total. The van der Waals surface area contributed by atoms with Crippen molar-refractivity contribution in [3.05, 3.63) is 0 Å². The number of rotatable bonds is 6. The lowest BCUT2D eigenvalue weighted by atomic mass is 9.71. The molecule has 106 valence electrons. The molecule has 0 aromatic heterocycles. The van der Waals surface area contributed by atoms with Crippen LogP contribution < -0.4 is 0 Å². The summed E-state index contributed by atoms with van der Waals surface area (Å²) in [6, 6.07) is 0.387. The van der Waals surface area contributed by atoms with Crippen molar-refractivity contribution in [2.24, 2.45) is 11.3 Å². The van der Waals surface area contributed by atoms with Gasteiger partial charge in [0.05, 0.1) is 6.61 Å². The van der Waals surface area contributed by atoms with Crippen LogP contribution in [0.1, 0.15) is 47.0 Å². The minimum absolute atomic E-state index is 0.216. The third-order valence-electron chi connectivity index (χ3n) is 4.19. The SMILES string of the molecule is CCN(CC1CC(C)(C)CCC1=O)C(C)COC. The van der Waals surface area contributed by atoms with Crippen molar-refractivity contribution in [1.82, 2.24) is 4.90 Å². The van der Waals surface area contributed by atoms with E-state index in [0.717, 1.165) is 39.0 Å². The number of Topliss-reactive ketones (excluding diaryl/α,β-unsaturated/α-hetero) is 1. The van der Waals surface area contributed by atoms with E-state index in [4.69, 9.17) is 4.74 Å². The van der Waals surface area contributed by atoms with Crippen LogP contribution in [0.5, 0.6) is 0 Å². The summed E-state index contributed by atoms with van der Waals surface area (Å²) in [6.45, 7) is 11.5. The summed E-state index contributed by atoms with van der Waals surface area (Å²) in [5, 5.41) is 0. The van der Waals surface area contributed by atoms with Gasteiger partial charge < -0.3 is 4.74 Å². The molecule has 3 nitrogen and oxygen atoms in total. The van der Waals surface area contributed by atoms with Gasteiger partial charge in [-0.2, -0.15) is 0 Å². The average molecular weight is 255 g/mol. The summed E-state index contributed by atoms with van der Waals surface area (Å²) in [4.78, 5) is 14.4. The molecular weight excluding hydrogens is 226 g/mol. The Balaban J connectivity index is 2.59. The normalized spacial score (nSPS) is 25.4. The smallest absolute Gasteiger partial charge is 0.137 e. The quantitative estimate of drug-likeness (QED) is 0.731. The Kier molecular flexibility index (Phi) is 5.80. The fraction of sp³-hybridized carbons (Fsp3) is 0.933.